The van der Waals surface area contributed by atoms with Gasteiger partial charge in [0.15, 0.2) is 0 Å². The minimum Gasteiger partial charge on any atom is -0.345 e. The first-order chi connectivity index (χ1) is 7.45. The second kappa shape index (κ2) is 3.90. The maximum absolute atomic E-state index is 6.03. The molecular formula is C13H17BrN2. The Morgan fingerprint density at radius 1 is 1.25 bits per heavy atom. The molecule has 2 N–H and O–H groups in total. The molecule has 0 saturated carbocycles. The standard InChI is InChI=1S/C13H17BrN2/c1-7-5-6-8(2)12-10(7)11(14)13(9(3)15)16(12)4/h5-6,9H,15H2,1-4H3. The Hall–Kier alpha value is -0.800. The number of halogens is 1. The molecule has 0 amide bonds. The minimum absolute atomic E-state index is 0.0329. The van der Waals surface area contributed by atoms with Crippen molar-refractivity contribution in [1.82, 2.24) is 4.57 Å². The molecule has 1 heterocycles. The molecule has 1 aromatic heterocycles. The number of rotatable bonds is 1. The first-order valence-electron chi connectivity index (χ1n) is 5.44. The summed E-state index contributed by atoms with van der Waals surface area (Å²) in [6.07, 6.45) is 0. The summed E-state index contributed by atoms with van der Waals surface area (Å²) in [6.45, 7) is 6.29. The van der Waals surface area contributed by atoms with Crippen molar-refractivity contribution in [3.63, 3.8) is 0 Å². The predicted octanol–water partition coefficient (Wildman–Crippen LogP) is 3.58. The van der Waals surface area contributed by atoms with E-state index in [1.54, 1.807) is 0 Å². The lowest BCUT2D eigenvalue weighted by molar-refractivity contribution is 0.721. The van der Waals surface area contributed by atoms with Crippen LogP contribution in [0.5, 0.6) is 0 Å². The lowest BCUT2D eigenvalue weighted by Crippen LogP contribution is -2.10. The van der Waals surface area contributed by atoms with Crippen LogP contribution in [0.3, 0.4) is 0 Å². The molecule has 2 nitrogen and oxygen atoms in total. The van der Waals surface area contributed by atoms with Gasteiger partial charge in [-0.1, -0.05) is 12.1 Å². The molecule has 0 spiro atoms. The summed E-state index contributed by atoms with van der Waals surface area (Å²) in [6, 6.07) is 4.35. The van der Waals surface area contributed by atoms with E-state index in [9.17, 15) is 0 Å². The predicted molar refractivity (Wildman–Crippen MR) is 72.7 cm³/mol. The van der Waals surface area contributed by atoms with Gasteiger partial charge in [-0.15, -0.1) is 0 Å². The maximum atomic E-state index is 6.03. The Bertz CT molecular complexity index is 508. The van der Waals surface area contributed by atoms with Crippen molar-refractivity contribution in [3.8, 4) is 0 Å². The van der Waals surface area contributed by atoms with Crippen molar-refractivity contribution in [2.45, 2.75) is 26.8 Å². The second-order valence-corrected chi connectivity index (χ2v) is 5.26. The molecule has 1 atom stereocenters. The highest BCUT2D eigenvalue weighted by molar-refractivity contribution is 9.10. The molecule has 1 aromatic carbocycles. The van der Waals surface area contributed by atoms with Gasteiger partial charge in [0.05, 0.1) is 5.52 Å². The fourth-order valence-corrected chi connectivity index (χ4v) is 3.53. The van der Waals surface area contributed by atoms with Crippen LogP contribution in [-0.4, -0.2) is 4.57 Å². The molecule has 2 aromatic rings. The number of hydrogen-bond donors (Lipinski definition) is 1. The molecule has 0 saturated heterocycles. The lowest BCUT2D eigenvalue weighted by Gasteiger charge is -2.09. The topological polar surface area (TPSA) is 30.9 Å². The van der Waals surface area contributed by atoms with Crippen molar-refractivity contribution in [2.24, 2.45) is 12.8 Å². The molecule has 0 aliphatic heterocycles. The van der Waals surface area contributed by atoms with E-state index in [2.05, 4.69) is 53.5 Å². The van der Waals surface area contributed by atoms with Crippen LogP contribution in [0, 0.1) is 13.8 Å². The second-order valence-electron chi connectivity index (χ2n) is 4.47. The Kier molecular flexibility index (Phi) is 2.84. The molecule has 3 heteroatoms. The van der Waals surface area contributed by atoms with Crippen LogP contribution >= 0.6 is 15.9 Å². The van der Waals surface area contributed by atoms with Gasteiger partial charge in [-0.25, -0.2) is 0 Å². The van der Waals surface area contributed by atoms with Crippen molar-refractivity contribution in [3.05, 3.63) is 33.4 Å². The molecule has 2 rings (SSSR count). The van der Waals surface area contributed by atoms with Gasteiger partial charge < -0.3 is 10.3 Å². The van der Waals surface area contributed by atoms with E-state index >= 15 is 0 Å². The number of hydrogen-bond acceptors (Lipinski definition) is 1. The van der Waals surface area contributed by atoms with Crippen LogP contribution in [0.25, 0.3) is 10.9 Å². The minimum atomic E-state index is 0.0329. The summed E-state index contributed by atoms with van der Waals surface area (Å²) in [7, 11) is 2.08. The fourth-order valence-electron chi connectivity index (χ4n) is 2.41. The first-order valence-corrected chi connectivity index (χ1v) is 6.24. The Balaban J connectivity index is 2.99. The summed E-state index contributed by atoms with van der Waals surface area (Å²) in [5.41, 5.74) is 11.0. The average Bonchev–Trinajstić information content (AvgIpc) is 2.46. The molecular weight excluding hydrogens is 264 g/mol. The molecule has 16 heavy (non-hydrogen) atoms. The van der Waals surface area contributed by atoms with Crippen LogP contribution in [0.1, 0.15) is 29.8 Å². The summed E-state index contributed by atoms with van der Waals surface area (Å²) in [5, 5.41) is 1.29. The zero-order valence-electron chi connectivity index (χ0n) is 10.1. The Morgan fingerprint density at radius 3 is 2.31 bits per heavy atom. The fraction of sp³-hybridized carbons (Fsp3) is 0.385. The van der Waals surface area contributed by atoms with E-state index in [0.717, 1.165) is 10.2 Å². The number of nitrogens with two attached hydrogens (primary N) is 1. The van der Waals surface area contributed by atoms with Gasteiger partial charge in [0.1, 0.15) is 0 Å². The average molecular weight is 281 g/mol. The SMILES string of the molecule is Cc1ccc(C)c2c1c(Br)c(C(C)N)n2C. The quantitative estimate of drug-likeness (QED) is 0.851. The number of nitrogens with zero attached hydrogens (tertiary/aromatic N) is 1. The highest BCUT2D eigenvalue weighted by Crippen LogP contribution is 2.36. The highest BCUT2D eigenvalue weighted by atomic mass is 79.9. The Labute approximate surface area is 105 Å². The van der Waals surface area contributed by atoms with E-state index in [1.165, 1.54) is 22.0 Å². The van der Waals surface area contributed by atoms with E-state index in [-0.39, 0.29) is 6.04 Å². The van der Waals surface area contributed by atoms with Crippen LogP contribution in [0.15, 0.2) is 16.6 Å². The maximum Gasteiger partial charge on any atom is 0.0524 e. The van der Waals surface area contributed by atoms with E-state index in [0.29, 0.717) is 0 Å². The lowest BCUT2D eigenvalue weighted by atomic mass is 10.1. The third-order valence-corrected chi connectivity index (χ3v) is 3.96. The number of aryl methyl sites for hydroxylation is 3. The zero-order valence-corrected chi connectivity index (χ0v) is 11.7. The van der Waals surface area contributed by atoms with Gasteiger partial charge in [0.25, 0.3) is 0 Å². The van der Waals surface area contributed by atoms with Crippen molar-refractivity contribution in [2.75, 3.05) is 0 Å². The smallest absolute Gasteiger partial charge is 0.0524 e. The molecule has 0 aliphatic rings. The molecule has 0 aliphatic carbocycles. The third-order valence-electron chi connectivity index (χ3n) is 3.16. The largest absolute Gasteiger partial charge is 0.345 e. The number of benzene rings is 1. The summed E-state index contributed by atoms with van der Waals surface area (Å²) in [5.74, 6) is 0. The van der Waals surface area contributed by atoms with Crippen LogP contribution < -0.4 is 5.73 Å². The van der Waals surface area contributed by atoms with Gasteiger partial charge in [0.2, 0.25) is 0 Å². The summed E-state index contributed by atoms with van der Waals surface area (Å²) < 4.78 is 3.34. The van der Waals surface area contributed by atoms with Gasteiger partial charge in [-0.3, -0.25) is 0 Å². The molecule has 86 valence electrons. The normalized spacial score (nSPS) is 13.4. The van der Waals surface area contributed by atoms with E-state index in [4.69, 9.17) is 5.73 Å². The summed E-state index contributed by atoms with van der Waals surface area (Å²) in [4.78, 5) is 0. The van der Waals surface area contributed by atoms with Crippen LogP contribution in [0.4, 0.5) is 0 Å². The van der Waals surface area contributed by atoms with Gasteiger partial charge in [-0.2, -0.15) is 0 Å². The van der Waals surface area contributed by atoms with Gasteiger partial charge in [-0.05, 0) is 47.8 Å². The molecule has 0 radical (unpaired) electrons. The highest BCUT2D eigenvalue weighted by Gasteiger charge is 2.18. The number of fused-ring (bicyclic) bond motifs is 1. The first kappa shape index (κ1) is 11.7. The molecule has 0 bridgehead atoms. The van der Waals surface area contributed by atoms with E-state index < -0.39 is 0 Å². The van der Waals surface area contributed by atoms with Crippen molar-refractivity contribution >= 4 is 26.8 Å². The monoisotopic (exact) mass is 280 g/mol. The van der Waals surface area contributed by atoms with Gasteiger partial charge >= 0.3 is 0 Å². The van der Waals surface area contributed by atoms with Crippen LogP contribution in [-0.2, 0) is 7.05 Å². The van der Waals surface area contributed by atoms with Crippen molar-refractivity contribution in [1.29, 1.82) is 0 Å². The van der Waals surface area contributed by atoms with Crippen molar-refractivity contribution < 1.29 is 0 Å². The Morgan fingerprint density at radius 2 is 1.81 bits per heavy atom. The van der Waals surface area contributed by atoms with E-state index in [1.807, 2.05) is 6.92 Å². The molecule has 0 fully saturated rings. The third kappa shape index (κ3) is 1.50. The van der Waals surface area contributed by atoms with Gasteiger partial charge in [0, 0.05) is 28.6 Å². The van der Waals surface area contributed by atoms with Crippen LogP contribution in [0.2, 0.25) is 0 Å². The zero-order chi connectivity index (χ0) is 12.0. The number of aromatic nitrogens is 1. The molecule has 1 unspecified atom stereocenters. The summed E-state index contributed by atoms with van der Waals surface area (Å²) >= 11 is 3.69.